The number of amides is 1. The van der Waals surface area contributed by atoms with Gasteiger partial charge in [-0.15, -0.1) is 0 Å². The zero-order valence-electron chi connectivity index (χ0n) is 14.5. The summed E-state index contributed by atoms with van der Waals surface area (Å²) in [5, 5.41) is 3.81. The number of carbonyl (C=O) groups excluding carboxylic acids is 1. The second kappa shape index (κ2) is 8.45. The van der Waals surface area contributed by atoms with Crippen LogP contribution in [-0.4, -0.2) is 35.4 Å². The molecule has 1 unspecified atom stereocenters. The second-order valence-corrected chi connectivity index (χ2v) is 6.83. The first-order valence-electron chi connectivity index (χ1n) is 8.90. The van der Waals surface area contributed by atoms with Crippen LogP contribution < -0.4 is 5.32 Å². The van der Waals surface area contributed by atoms with E-state index in [1.807, 2.05) is 37.3 Å². The van der Waals surface area contributed by atoms with Crippen molar-refractivity contribution in [1.29, 1.82) is 0 Å². The van der Waals surface area contributed by atoms with Gasteiger partial charge in [0.2, 0.25) is 0 Å². The van der Waals surface area contributed by atoms with E-state index in [4.69, 9.17) is 11.6 Å². The molecule has 0 aliphatic carbocycles. The summed E-state index contributed by atoms with van der Waals surface area (Å²) in [5.41, 5.74) is 2.64. The quantitative estimate of drug-likeness (QED) is 0.853. The van der Waals surface area contributed by atoms with E-state index in [1.165, 1.54) is 12.8 Å². The van der Waals surface area contributed by atoms with Crippen molar-refractivity contribution < 1.29 is 4.79 Å². The minimum Gasteiger partial charge on any atom is -0.349 e. The number of pyridine rings is 1. The zero-order valence-corrected chi connectivity index (χ0v) is 15.3. The van der Waals surface area contributed by atoms with E-state index in [9.17, 15) is 4.79 Å². The average molecular weight is 358 g/mol. The summed E-state index contributed by atoms with van der Waals surface area (Å²) < 4.78 is 0. The maximum absolute atomic E-state index is 12.6. The molecule has 0 saturated carbocycles. The Morgan fingerprint density at radius 1 is 1.28 bits per heavy atom. The Balaban J connectivity index is 1.75. The number of rotatable bonds is 6. The van der Waals surface area contributed by atoms with Crippen molar-refractivity contribution in [3.05, 3.63) is 64.4 Å². The molecule has 1 fully saturated rings. The van der Waals surface area contributed by atoms with E-state index < -0.39 is 0 Å². The van der Waals surface area contributed by atoms with Gasteiger partial charge in [-0.3, -0.25) is 14.7 Å². The first-order chi connectivity index (χ1) is 12.2. The number of nitrogens with one attached hydrogen (secondary N) is 1. The Morgan fingerprint density at radius 3 is 2.80 bits per heavy atom. The lowest BCUT2D eigenvalue weighted by molar-refractivity contribution is 0.0932. The highest BCUT2D eigenvalue weighted by Crippen LogP contribution is 2.26. The molecule has 4 nitrogen and oxygen atoms in total. The van der Waals surface area contributed by atoms with Gasteiger partial charge >= 0.3 is 0 Å². The molecule has 3 rings (SSSR count). The highest BCUT2D eigenvalue weighted by molar-refractivity contribution is 6.30. The number of carbonyl (C=O) groups is 1. The number of hydrogen-bond donors (Lipinski definition) is 1. The van der Waals surface area contributed by atoms with E-state index in [-0.39, 0.29) is 11.9 Å². The minimum absolute atomic E-state index is 0.108. The standard InChI is InChI=1S/C20H24ClN3O/c1-2-15-8-6-10-22-19(15)20(25)23-14-18(24-11-3-4-12-24)16-7-5-9-17(21)13-16/h5-10,13,18H,2-4,11-12,14H2,1H3,(H,23,25). The van der Waals surface area contributed by atoms with Crippen molar-refractivity contribution in [2.75, 3.05) is 19.6 Å². The second-order valence-electron chi connectivity index (χ2n) is 6.39. The van der Waals surface area contributed by atoms with Gasteiger partial charge in [-0.2, -0.15) is 0 Å². The first-order valence-corrected chi connectivity index (χ1v) is 9.28. The summed E-state index contributed by atoms with van der Waals surface area (Å²) in [5.74, 6) is -0.108. The lowest BCUT2D eigenvalue weighted by Crippen LogP contribution is -2.37. The maximum Gasteiger partial charge on any atom is 0.270 e. The molecule has 0 bridgehead atoms. The van der Waals surface area contributed by atoms with Crippen LogP contribution in [0.5, 0.6) is 0 Å². The third-order valence-electron chi connectivity index (χ3n) is 4.76. The van der Waals surface area contributed by atoms with E-state index >= 15 is 0 Å². The number of aromatic nitrogens is 1. The summed E-state index contributed by atoms with van der Waals surface area (Å²) >= 11 is 6.18. The first kappa shape index (κ1) is 17.9. The van der Waals surface area contributed by atoms with Gasteiger partial charge in [0, 0.05) is 17.8 Å². The highest BCUT2D eigenvalue weighted by atomic mass is 35.5. The number of aryl methyl sites for hydroxylation is 1. The van der Waals surface area contributed by atoms with E-state index in [2.05, 4.69) is 21.3 Å². The number of likely N-dealkylation sites (tertiary alicyclic amines) is 1. The van der Waals surface area contributed by atoms with Crippen LogP contribution >= 0.6 is 11.6 Å². The van der Waals surface area contributed by atoms with Crippen LogP contribution in [-0.2, 0) is 6.42 Å². The molecule has 0 spiro atoms. The van der Waals surface area contributed by atoms with Gasteiger partial charge in [-0.25, -0.2) is 0 Å². The van der Waals surface area contributed by atoms with Crippen molar-refractivity contribution in [2.24, 2.45) is 0 Å². The van der Waals surface area contributed by atoms with Gasteiger partial charge < -0.3 is 5.32 Å². The average Bonchev–Trinajstić information content (AvgIpc) is 3.16. The van der Waals surface area contributed by atoms with Crippen LogP contribution in [0.4, 0.5) is 0 Å². The molecule has 1 aromatic carbocycles. The lowest BCUT2D eigenvalue weighted by atomic mass is 10.1. The Hall–Kier alpha value is -1.91. The number of halogens is 1. The summed E-state index contributed by atoms with van der Waals surface area (Å²) in [6, 6.07) is 11.9. The molecule has 5 heteroatoms. The fourth-order valence-corrected chi connectivity index (χ4v) is 3.63. The minimum atomic E-state index is -0.108. The highest BCUT2D eigenvalue weighted by Gasteiger charge is 2.24. The van der Waals surface area contributed by atoms with Crippen LogP contribution in [0.1, 0.15) is 47.4 Å². The largest absolute Gasteiger partial charge is 0.349 e. The predicted octanol–water partition coefficient (Wildman–Crippen LogP) is 3.86. The molecule has 1 atom stereocenters. The molecule has 1 amide bonds. The Morgan fingerprint density at radius 2 is 2.08 bits per heavy atom. The topological polar surface area (TPSA) is 45.2 Å². The van der Waals surface area contributed by atoms with Crippen LogP contribution in [0.15, 0.2) is 42.6 Å². The Kier molecular flexibility index (Phi) is 6.05. The zero-order chi connectivity index (χ0) is 17.6. The Labute approximate surface area is 154 Å². The smallest absolute Gasteiger partial charge is 0.270 e. The van der Waals surface area contributed by atoms with Gasteiger partial charge in [0.15, 0.2) is 0 Å². The summed E-state index contributed by atoms with van der Waals surface area (Å²) in [6.07, 6.45) is 4.86. The molecule has 0 radical (unpaired) electrons. The third kappa shape index (κ3) is 4.39. The molecule has 2 heterocycles. The van der Waals surface area contributed by atoms with Crippen molar-refractivity contribution in [1.82, 2.24) is 15.2 Å². The summed E-state index contributed by atoms with van der Waals surface area (Å²) in [4.78, 5) is 19.3. The number of benzene rings is 1. The molecule has 132 valence electrons. The van der Waals surface area contributed by atoms with Gasteiger partial charge in [0.1, 0.15) is 5.69 Å². The normalized spacial score (nSPS) is 15.9. The van der Waals surface area contributed by atoms with Gasteiger partial charge in [-0.1, -0.05) is 36.7 Å². The van der Waals surface area contributed by atoms with E-state index in [0.29, 0.717) is 12.2 Å². The van der Waals surface area contributed by atoms with Gasteiger partial charge in [0.25, 0.3) is 5.91 Å². The number of hydrogen-bond acceptors (Lipinski definition) is 3. The van der Waals surface area contributed by atoms with Gasteiger partial charge in [-0.05, 0) is 61.7 Å². The van der Waals surface area contributed by atoms with Crippen LogP contribution in [0.25, 0.3) is 0 Å². The van der Waals surface area contributed by atoms with Crippen molar-refractivity contribution in [2.45, 2.75) is 32.2 Å². The molecule has 1 aromatic heterocycles. The molecular weight excluding hydrogens is 334 g/mol. The predicted molar refractivity (Wildman–Crippen MR) is 101 cm³/mol. The van der Waals surface area contributed by atoms with Crippen molar-refractivity contribution in [3.8, 4) is 0 Å². The van der Waals surface area contributed by atoms with Crippen LogP contribution in [0.2, 0.25) is 5.02 Å². The molecule has 1 aliphatic heterocycles. The fraction of sp³-hybridized carbons (Fsp3) is 0.400. The Bertz CT molecular complexity index is 728. The third-order valence-corrected chi connectivity index (χ3v) is 4.99. The molecule has 1 saturated heterocycles. The molecule has 1 aliphatic rings. The van der Waals surface area contributed by atoms with Crippen molar-refractivity contribution in [3.63, 3.8) is 0 Å². The summed E-state index contributed by atoms with van der Waals surface area (Å²) in [7, 11) is 0. The molecule has 25 heavy (non-hydrogen) atoms. The SMILES string of the molecule is CCc1cccnc1C(=O)NCC(c1cccc(Cl)c1)N1CCCC1. The molecular formula is C20H24ClN3O. The van der Waals surface area contributed by atoms with Crippen molar-refractivity contribution >= 4 is 17.5 Å². The monoisotopic (exact) mass is 357 g/mol. The van der Waals surface area contributed by atoms with E-state index in [1.54, 1.807) is 6.20 Å². The molecule has 2 aromatic rings. The summed E-state index contributed by atoms with van der Waals surface area (Å²) in [6.45, 7) is 4.69. The molecule has 1 N–H and O–H groups in total. The van der Waals surface area contributed by atoms with E-state index in [0.717, 1.165) is 35.7 Å². The maximum atomic E-state index is 12.6. The lowest BCUT2D eigenvalue weighted by Gasteiger charge is -2.28. The van der Waals surface area contributed by atoms with Crippen LogP contribution in [0, 0.1) is 0 Å². The van der Waals surface area contributed by atoms with Crippen LogP contribution in [0.3, 0.4) is 0 Å². The number of nitrogens with zero attached hydrogens (tertiary/aromatic N) is 2. The van der Waals surface area contributed by atoms with Gasteiger partial charge in [0.05, 0.1) is 6.04 Å². The fourth-order valence-electron chi connectivity index (χ4n) is 3.43.